The third-order valence-corrected chi connectivity index (χ3v) is 5.50. The van der Waals surface area contributed by atoms with Crippen molar-refractivity contribution in [3.05, 3.63) is 78.3 Å². The Hall–Kier alpha value is -4.28. The first-order chi connectivity index (χ1) is 17.2. The van der Waals surface area contributed by atoms with Crippen LogP contribution >= 0.6 is 0 Å². The molecular weight excluding hydrogens is 479 g/mol. The van der Waals surface area contributed by atoms with Crippen LogP contribution in [-0.4, -0.2) is 30.9 Å². The smallest absolute Gasteiger partial charge is 0.416 e. The Kier molecular flexibility index (Phi) is 7.28. The van der Waals surface area contributed by atoms with Gasteiger partial charge in [-0.2, -0.15) is 13.2 Å². The van der Waals surface area contributed by atoms with Crippen molar-refractivity contribution in [2.24, 2.45) is 5.92 Å². The number of anilines is 2. The van der Waals surface area contributed by atoms with Crippen LogP contribution in [0.25, 0.3) is 0 Å². The minimum Gasteiger partial charge on any atom is -0.484 e. The van der Waals surface area contributed by atoms with Crippen molar-refractivity contribution in [3.8, 4) is 5.75 Å². The molecule has 0 unspecified atom stereocenters. The lowest BCUT2D eigenvalue weighted by Crippen LogP contribution is -2.32. The zero-order valence-corrected chi connectivity index (χ0v) is 18.9. The standard InChI is InChI=1S/C25H22F3N3O5/c26-25(27,28)17-3-1-4-18(12-17)30-22(32)15-36-20-8-6-19(7-9-20)31-14-16(11-23(31)33)24(34)29-13-21-5-2-10-35-21/h1-10,12,16H,11,13-15H2,(H,29,34)(H,30,32)/t16-/m0/s1. The number of nitrogens with one attached hydrogen (secondary N) is 2. The largest absolute Gasteiger partial charge is 0.484 e. The molecule has 1 aromatic heterocycles. The summed E-state index contributed by atoms with van der Waals surface area (Å²) < 4.78 is 49.0. The first kappa shape index (κ1) is 24.8. The fourth-order valence-corrected chi connectivity index (χ4v) is 3.71. The molecule has 188 valence electrons. The van der Waals surface area contributed by atoms with Crippen LogP contribution in [0.4, 0.5) is 24.5 Å². The topological polar surface area (TPSA) is 101 Å². The van der Waals surface area contributed by atoms with Crippen molar-refractivity contribution in [3.63, 3.8) is 0 Å². The molecule has 1 saturated heterocycles. The van der Waals surface area contributed by atoms with Crippen molar-refractivity contribution >= 4 is 29.1 Å². The summed E-state index contributed by atoms with van der Waals surface area (Å²) in [7, 11) is 0. The molecular formula is C25H22F3N3O5. The summed E-state index contributed by atoms with van der Waals surface area (Å²) in [5.41, 5.74) is -0.295. The quantitative estimate of drug-likeness (QED) is 0.486. The van der Waals surface area contributed by atoms with Gasteiger partial charge in [0.05, 0.1) is 24.3 Å². The Bertz CT molecular complexity index is 1230. The number of benzene rings is 2. The predicted molar refractivity (Wildman–Crippen MR) is 123 cm³/mol. The molecule has 2 N–H and O–H groups in total. The molecule has 2 heterocycles. The molecule has 1 fully saturated rings. The van der Waals surface area contributed by atoms with E-state index in [2.05, 4.69) is 10.6 Å². The molecule has 1 atom stereocenters. The van der Waals surface area contributed by atoms with Gasteiger partial charge in [-0.15, -0.1) is 0 Å². The number of carbonyl (C=O) groups is 3. The highest BCUT2D eigenvalue weighted by Crippen LogP contribution is 2.31. The maximum atomic E-state index is 12.8. The number of nitrogens with zero attached hydrogens (tertiary/aromatic N) is 1. The van der Waals surface area contributed by atoms with Gasteiger partial charge in [0.25, 0.3) is 5.91 Å². The zero-order valence-electron chi connectivity index (χ0n) is 18.9. The molecule has 36 heavy (non-hydrogen) atoms. The normalized spacial score (nSPS) is 15.6. The number of alkyl halides is 3. The van der Waals surface area contributed by atoms with Gasteiger partial charge in [0.15, 0.2) is 6.61 Å². The van der Waals surface area contributed by atoms with Gasteiger partial charge in [0.2, 0.25) is 11.8 Å². The van der Waals surface area contributed by atoms with E-state index in [4.69, 9.17) is 9.15 Å². The summed E-state index contributed by atoms with van der Waals surface area (Å²) in [6.45, 7) is 0.0441. The number of halogens is 3. The molecule has 0 aliphatic carbocycles. The number of ether oxygens (including phenoxy) is 1. The van der Waals surface area contributed by atoms with Gasteiger partial charge in [0, 0.05) is 24.3 Å². The number of rotatable bonds is 8. The van der Waals surface area contributed by atoms with E-state index >= 15 is 0 Å². The molecule has 4 rings (SSSR count). The summed E-state index contributed by atoms with van der Waals surface area (Å²) in [6, 6.07) is 14.1. The average Bonchev–Trinajstić information content (AvgIpc) is 3.51. The summed E-state index contributed by atoms with van der Waals surface area (Å²) in [4.78, 5) is 38.5. The van der Waals surface area contributed by atoms with Crippen LogP contribution in [-0.2, 0) is 27.1 Å². The van der Waals surface area contributed by atoms with E-state index in [1.807, 2.05) is 0 Å². The van der Waals surface area contributed by atoms with E-state index in [-0.39, 0.29) is 37.0 Å². The van der Waals surface area contributed by atoms with Crippen LogP contribution < -0.4 is 20.3 Å². The highest BCUT2D eigenvalue weighted by atomic mass is 19.4. The lowest BCUT2D eigenvalue weighted by molar-refractivity contribution is -0.137. The van der Waals surface area contributed by atoms with Gasteiger partial charge in [0.1, 0.15) is 11.5 Å². The van der Waals surface area contributed by atoms with Gasteiger partial charge in [-0.1, -0.05) is 6.07 Å². The van der Waals surface area contributed by atoms with Gasteiger partial charge in [-0.05, 0) is 54.6 Å². The number of hydrogen-bond donors (Lipinski definition) is 2. The maximum Gasteiger partial charge on any atom is 0.416 e. The van der Waals surface area contributed by atoms with Gasteiger partial charge < -0.3 is 24.7 Å². The third kappa shape index (κ3) is 6.23. The molecule has 3 aromatic rings. The zero-order chi connectivity index (χ0) is 25.7. The van der Waals surface area contributed by atoms with Crippen molar-refractivity contribution < 1.29 is 36.7 Å². The molecule has 2 aromatic carbocycles. The Balaban J connectivity index is 1.27. The van der Waals surface area contributed by atoms with Crippen LogP contribution in [0.15, 0.2) is 71.3 Å². The van der Waals surface area contributed by atoms with Crippen molar-refractivity contribution in [2.75, 3.05) is 23.4 Å². The molecule has 0 radical (unpaired) electrons. The predicted octanol–water partition coefficient (Wildman–Crippen LogP) is 3.99. The van der Waals surface area contributed by atoms with Gasteiger partial charge in [-0.25, -0.2) is 0 Å². The van der Waals surface area contributed by atoms with Crippen LogP contribution in [0.5, 0.6) is 5.75 Å². The summed E-state index contributed by atoms with van der Waals surface area (Å²) >= 11 is 0. The van der Waals surface area contributed by atoms with E-state index in [9.17, 15) is 27.6 Å². The Morgan fingerprint density at radius 3 is 2.56 bits per heavy atom. The third-order valence-electron chi connectivity index (χ3n) is 5.50. The number of hydrogen-bond acceptors (Lipinski definition) is 5. The SMILES string of the molecule is O=C(COc1ccc(N2C[C@@H](C(=O)NCc3ccco3)CC2=O)cc1)Nc1cccc(C(F)(F)F)c1. The van der Waals surface area contributed by atoms with E-state index in [1.165, 1.54) is 23.3 Å². The summed E-state index contributed by atoms with van der Waals surface area (Å²) in [6.07, 6.45) is -2.92. The first-order valence-corrected chi connectivity index (χ1v) is 11.0. The Morgan fingerprint density at radius 2 is 1.86 bits per heavy atom. The van der Waals surface area contributed by atoms with Gasteiger partial charge >= 0.3 is 6.18 Å². The minimum atomic E-state index is -4.51. The average molecular weight is 501 g/mol. The molecule has 1 aliphatic rings. The second-order valence-electron chi connectivity index (χ2n) is 8.11. The maximum absolute atomic E-state index is 12.8. The molecule has 1 aliphatic heterocycles. The van der Waals surface area contributed by atoms with E-state index in [1.54, 1.807) is 36.4 Å². The number of furan rings is 1. The Labute approximate surface area is 204 Å². The fraction of sp³-hybridized carbons (Fsp3) is 0.240. The van der Waals surface area contributed by atoms with E-state index < -0.39 is 30.2 Å². The van der Waals surface area contributed by atoms with Crippen molar-refractivity contribution in [2.45, 2.75) is 19.1 Å². The molecule has 8 nitrogen and oxygen atoms in total. The molecule has 11 heteroatoms. The van der Waals surface area contributed by atoms with Crippen LogP contribution in [0.3, 0.4) is 0 Å². The second-order valence-corrected chi connectivity index (χ2v) is 8.11. The molecule has 0 saturated carbocycles. The highest BCUT2D eigenvalue weighted by molar-refractivity contribution is 6.00. The first-order valence-electron chi connectivity index (χ1n) is 11.0. The van der Waals surface area contributed by atoms with Crippen molar-refractivity contribution in [1.82, 2.24) is 5.32 Å². The number of amides is 3. The van der Waals surface area contributed by atoms with Crippen LogP contribution in [0.1, 0.15) is 17.7 Å². The Morgan fingerprint density at radius 1 is 1.08 bits per heavy atom. The molecule has 0 bridgehead atoms. The lowest BCUT2D eigenvalue weighted by atomic mass is 10.1. The summed E-state index contributed by atoms with van der Waals surface area (Å²) in [5.74, 6) is -0.614. The van der Waals surface area contributed by atoms with E-state index in [0.717, 1.165) is 12.1 Å². The van der Waals surface area contributed by atoms with Crippen LogP contribution in [0, 0.1) is 5.92 Å². The van der Waals surface area contributed by atoms with Crippen molar-refractivity contribution in [1.29, 1.82) is 0 Å². The lowest BCUT2D eigenvalue weighted by Gasteiger charge is -2.17. The number of carbonyl (C=O) groups excluding carboxylic acids is 3. The minimum absolute atomic E-state index is 0.00377. The second kappa shape index (κ2) is 10.5. The summed E-state index contributed by atoms with van der Waals surface area (Å²) in [5, 5.41) is 5.12. The molecule has 0 spiro atoms. The highest BCUT2D eigenvalue weighted by Gasteiger charge is 2.35. The van der Waals surface area contributed by atoms with Crippen LogP contribution in [0.2, 0.25) is 0 Å². The monoisotopic (exact) mass is 501 g/mol. The van der Waals surface area contributed by atoms with Gasteiger partial charge in [-0.3, -0.25) is 14.4 Å². The van der Waals surface area contributed by atoms with E-state index in [0.29, 0.717) is 17.2 Å². The molecule has 3 amide bonds. The fourth-order valence-electron chi connectivity index (χ4n) is 3.71.